The fourth-order valence-electron chi connectivity index (χ4n) is 3.43. The molecule has 0 radical (unpaired) electrons. The summed E-state index contributed by atoms with van der Waals surface area (Å²) < 4.78 is 5.45. The predicted molar refractivity (Wildman–Crippen MR) is 83.3 cm³/mol. The predicted octanol–water partition coefficient (Wildman–Crippen LogP) is -0.787. The van der Waals surface area contributed by atoms with Crippen LogP contribution in [0.5, 0.6) is 0 Å². The molecule has 2 fully saturated rings. The highest BCUT2D eigenvalue weighted by molar-refractivity contribution is 5.85. The number of nitrogens with zero attached hydrogens (tertiary/aromatic N) is 1. The molecule has 7 heteroatoms. The van der Waals surface area contributed by atoms with Gasteiger partial charge in [-0.15, -0.1) is 0 Å². The summed E-state index contributed by atoms with van der Waals surface area (Å²) in [5.41, 5.74) is 5.26. The third kappa shape index (κ3) is 4.66. The molecule has 1 saturated heterocycles. The molecule has 0 spiro atoms. The second kappa shape index (κ2) is 8.45. The van der Waals surface area contributed by atoms with Gasteiger partial charge in [0.15, 0.2) is 0 Å². The van der Waals surface area contributed by atoms with E-state index >= 15 is 0 Å². The number of carbonyl (C=O) groups is 2. The van der Waals surface area contributed by atoms with Gasteiger partial charge in [0.2, 0.25) is 11.8 Å². The smallest absolute Gasteiger partial charge is 0.239 e. The lowest BCUT2D eigenvalue weighted by Crippen LogP contribution is -2.60. The third-order valence-corrected chi connectivity index (χ3v) is 4.71. The Morgan fingerprint density at radius 3 is 2.36 bits per heavy atom. The molecule has 0 aromatic carbocycles. The minimum Gasteiger partial charge on any atom is -0.379 e. The van der Waals surface area contributed by atoms with Crippen LogP contribution in [0.15, 0.2) is 0 Å². The second-order valence-corrected chi connectivity index (χ2v) is 6.14. The molecule has 2 amide bonds. The lowest BCUT2D eigenvalue weighted by atomic mass is 9.79. The van der Waals surface area contributed by atoms with Gasteiger partial charge in [0.05, 0.1) is 26.3 Å². The number of amides is 2. The molecule has 0 unspecified atom stereocenters. The van der Waals surface area contributed by atoms with E-state index in [9.17, 15) is 9.59 Å². The first kappa shape index (κ1) is 17.2. The maximum atomic E-state index is 11.9. The van der Waals surface area contributed by atoms with Gasteiger partial charge in [0, 0.05) is 25.2 Å². The molecule has 1 heterocycles. The summed E-state index contributed by atoms with van der Waals surface area (Å²) >= 11 is 0. The molecule has 2 rings (SSSR count). The summed E-state index contributed by atoms with van der Waals surface area (Å²) in [6.45, 7) is 3.94. The zero-order valence-electron chi connectivity index (χ0n) is 13.2. The van der Waals surface area contributed by atoms with Crippen LogP contribution in [0.2, 0.25) is 0 Å². The van der Waals surface area contributed by atoms with E-state index in [0.717, 1.165) is 39.1 Å². The number of nitrogens with one attached hydrogen (secondary N) is 2. The van der Waals surface area contributed by atoms with Crippen molar-refractivity contribution < 1.29 is 14.3 Å². The van der Waals surface area contributed by atoms with E-state index in [0.29, 0.717) is 6.54 Å². The van der Waals surface area contributed by atoms with Crippen molar-refractivity contribution in [1.29, 1.82) is 0 Å². The fraction of sp³-hybridized carbons (Fsp3) is 0.867. The standard InChI is InChI=1S/C15H28N4O3/c16-10-13(20)17-11-14(21)18-12-15(4-2-1-3-5-15)19-6-8-22-9-7-19/h1-12,16H2,(H,17,20)(H,18,21). The van der Waals surface area contributed by atoms with Crippen molar-refractivity contribution in [1.82, 2.24) is 15.5 Å². The van der Waals surface area contributed by atoms with E-state index in [1.165, 1.54) is 19.3 Å². The number of morpholine rings is 1. The zero-order chi connectivity index (χ0) is 15.8. The van der Waals surface area contributed by atoms with Crippen molar-refractivity contribution in [2.75, 3.05) is 45.9 Å². The summed E-state index contributed by atoms with van der Waals surface area (Å²) in [5.74, 6) is -0.462. The van der Waals surface area contributed by atoms with Crippen LogP contribution in [0.25, 0.3) is 0 Å². The SMILES string of the molecule is NCC(=O)NCC(=O)NCC1(N2CCOCC2)CCCCC1. The van der Waals surface area contributed by atoms with Crippen molar-refractivity contribution in [3.05, 3.63) is 0 Å². The molecular formula is C15H28N4O3. The molecule has 4 N–H and O–H groups in total. The lowest BCUT2D eigenvalue weighted by Gasteiger charge is -2.48. The van der Waals surface area contributed by atoms with Crippen molar-refractivity contribution in [2.45, 2.75) is 37.6 Å². The van der Waals surface area contributed by atoms with Gasteiger partial charge in [-0.25, -0.2) is 0 Å². The van der Waals surface area contributed by atoms with Crippen LogP contribution in [0, 0.1) is 0 Å². The first-order chi connectivity index (χ1) is 10.7. The van der Waals surface area contributed by atoms with Gasteiger partial charge in [0.1, 0.15) is 0 Å². The largest absolute Gasteiger partial charge is 0.379 e. The van der Waals surface area contributed by atoms with Gasteiger partial charge in [-0.3, -0.25) is 14.5 Å². The Hall–Kier alpha value is -1.18. The van der Waals surface area contributed by atoms with E-state index in [1.54, 1.807) is 0 Å². The Labute approximate surface area is 131 Å². The van der Waals surface area contributed by atoms with Crippen LogP contribution >= 0.6 is 0 Å². The Bertz CT molecular complexity index is 377. The van der Waals surface area contributed by atoms with Gasteiger partial charge in [-0.1, -0.05) is 19.3 Å². The van der Waals surface area contributed by atoms with E-state index in [1.807, 2.05) is 0 Å². The van der Waals surface area contributed by atoms with Gasteiger partial charge < -0.3 is 21.1 Å². The van der Waals surface area contributed by atoms with E-state index in [2.05, 4.69) is 15.5 Å². The van der Waals surface area contributed by atoms with Gasteiger partial charge in [0.25, 0.3) is 0 Å². The quantitative estimate of drug-likeness (QED) is 0.597. The van der Waals surface area contributed by atoms with Crippen LogP contribution in [0.1, 0.15) is 32.1 Å². The molecule has 1 aliphatic carbocycles. The molecule has 0 atom stereocenters. The highest BCUT2D eigenvalue weighted by Crippen LogP contribution is 2.33. The molecule has 126 valence electrons. The molecular weight excluding hydrogens is 284 g/mol. The topological polar surface area (TPSA) is 96.7 Å². The Balaban J connectivity index is 1.86. The van der Waals surface area contributed by atoms with Crippen LogP contribution in [-0.4, -0.2) is 68.2 Å². The third-order valence-electron chi connectivity index (χ3n) is 4.71. The Morgan fingerprint density at radius 1 is 1.05 bits per heavy atom. The molecule has 0 aromatic heterocycles. The summed E-state index contributed by atoms with van der Waals surface area (Å²) in [4.78, 5) is 25.5. The van der Waals surface area contributed by atoms with Crippen molar-refractivity contribution >= 4 is 11.8 Å². The molecule has 0 aromatic rings. The lowest BCUT2D eigenvalue weighted by molar-refractivity contribution is -0.126. The highest BCUT2D eigenvalue weighted by atomic mass is 16.5. The Kier molecular flexibility index (Phi) is 6.60. The molecule has 7 nitrogen and oxygen atoms in total. The first-order valence-corrected chi connectivity index (χ1v) is 8.22. The minimum absolute atomic E-state index is 0.00474. The van der Waals surface area contributed by atoms with E-state index < -0.39 is 0 Å². The summed E-state index contributed by atoms with van der Waals surface area (Å²) in [6.07, 6.45) is 5.91. The molecule has 2 aliphatic rings. The van der Waals surface area contributed by atoms with Crippen molar-refractivity contribution in [3.8, 4) is 0 Å². The minimum atomic E-state index is -0.310. The summed E-state index contributed by atoms with van der Waals surface area (Å²) in [5, 5.41) is 5.50. The number of hydrogen-bond acceptors (Lipinski definition) is 5. The maximum Gasteiger partial charge on any atom is 0.239 e. The van der Waals surface area contributed by atoms with E-state index in [4.69, 9.17) is 10.5 Å². The molecule has 1 aliphatic heterocycles. The average molecular weight is 312 g/mol. The van der Waals surface area contributed by atoms with Crippen molar-refractivity contribution in [3.63, 3.8) is 0 Å². The molecule has 22 heavy (non-hydrogen) atoms. The highest BCUT2D eigenvalue weighted by Gasteiger charge is 2.38. The Morgan fingerprint density at radius 2 is 1.73 bits per heavy atom. The van der Waals surface area contributed by atoms with Crippen LogP contribution in [0.3, 0.4) is 0 Å². The van der Waals surface area contributed by atoms with Gasteiger partial charge in [-0.05, 0) is 12.8 Å². The van der Waals surface area contributed by atoms with Crippen molar-refractivity contribution in [2.24, 2.45) is 5.73 Å². The first-order valence-electron chi connectivity index (χ1n) is 8.22. The molecule has 1 saturated carbocycles. The summed E-state index contributed by atoms with van der Waals surface area (Å²) in [6, 6.07) is 0. The number of carbonyl (C=O) groups excluding carboxylic acids is 2. The number of rotatable bonds is 6. The van der Waals surface area contributed by atoms with Gasteiger partial charge in [-0.2, -0.15) is 0 Å². The summed E-state index contributed by atoms with van der Waals surface area (Å²) in [7, 11) is 0. The number of nitrogens with two attached hydrogens (primary N) is 1. The fourth-order valence-corrected chi connectivity index (χ4v) is 3.43. The monoisotopic (exact) mass is 312 g/mol. The van der Waals surface area contributed by atoms with Crippen LogP contribution in [0.4, 0.5) is 0 Å². The normalized spacial score (nSPS) is 22.0. The van der Waals surface area contributed by atoms with Crippen LogP contribution in [-0.2, 0) is 14.3 Å². The van der Waals surface area contributed by atoms with Crippen LogP contribution < -0.4 is 16.4 Å². The number of hydrogen-bond donors (Lipinski definition) is 3. The maximum absolute atomic E-state index is 11.9. The second-order valence-electron chi connectivity index (χ2n) is 6.14. The van der Waals surface area contributed by atoms with Gasteiger partial charge >= 0.3 is 0 Å². The molecule has 0 bridgehead atoms. The number of ether oxygens (including phenoxy) is 1. The average Bonchev–Trinajstić information content (AvgIpc) is 2.59. The zero-order valence-corrected chi connectivity index (χ0v) is 13.2. The van der Waals surface area contributed by atoms with E-state index in [-0.39, 0.29) is 30.4 Å².